The van der Waals surface area contributed by atoms with E-state index in [2.05, 4.69) is 0 Å². The van der Waals surface area contributed by atoms with Crippen molar-refractivity contribution in [1.29, 1.82) is 0 Å². The number of thiocarbonyl (C=S) groups is 1. The molecular formula is C17H14N2O3S2. The summed E-state index contributed by atoms with van der Waals surface area (Å²) in [6.07, 6.45) is 5.58. The molecule has 0 radical (unpaired) electrons. The number of carboxylic acid groups (broad SMARTS) is 1. The number of benzene rings is 1. The quantitative estimate of drug-likeness (QED) is 0.673. The van der Waals surface area contributed by atoms with E-state index in [-0.39, 0.29) is 11.5 Å². The van der Waals surface area contributed by atoms with Crippen LogP contribution in [0, 0.1) is 6.92 Å². The first-order chi connectivity index (χ1) is 11.4. The van der Waals surface area contributed by atoms with Crippen LogP contribution in [0.5, 0.6) is 0 Å². The number of rotatable bonds is 3. The number of amides is 1. The van der Waals surface area contributed by atoms with Crippen LogP contribution in [-0.2, 0) is 11.8 Å². The molecule has 1 aliphatic rings. The summed E-state index contributed by atoms with van der Waals surface area (Å²) in [5.41, 5.74) is 2.18. The molecule has 1 saturated heterocycles. The van der Waals surface area contributed by atoms with Gasteiger partial charge < -0.3 is 9.67 Å². The Morgan fingerprint density at radius 1 is 1.33 bits per heavy atom. The Morgan fingerprint density at radius 2 is 2.08 bits per heavy atom. The van der Waals surface area contributed by atoms with Crippen LogP contribution in [0.25, 0.3) is 6.08 Å². The monoisotopic (exact) mass is 358 g/mol. The maximum Gasteiger partial charge on any atom is 0.336 e. The summed E-state index contributed by atoms with van der Waals surface area (Å²) in [6.45, 7) is 1.72. The molecule has 1 aromatic carbocycles. The SMILES string of the molecule is Cc1ccc(N2C(=O)/C(=C\c3ccn(C)c3)SC2=S)cc1C(=O)O. The number of carbonyl (C=O) groups is 2. The number of aromatic carboxylic acids is 1. The van der Waals surface area contributed by atoms with E-state index in [1.807, 2.05) is 30.1 Å². The number of aryl methyl sites for hydroxylation is 2. The molecule has 2 heterocycles. The van der Waals surface area contributed by atoms with Crippen LogP contribution in [0.3, 0.4) is 0 Å². The van der Waals surface area contributed by atoms with Gasteiger partial charge >= 0.3 is 5.97 Å². The third-order valence-corrected chi connectivity index (χ3v) is 4.96. The van der Waals surface area contributed by atoms with E-state index < -0.39 is 5.97 Å². The van der Waals surface area contributed by atoms with Gasteiger partial charge in [-0.1, -0.05) is 30.0 Å². The molecule has 0 bridgehead atoms. The number of hydrogen-bond acceptors (Lipinski definition) is 4. The maximum atomic E-state index is 12.7. The first kappa shape index (κ1) is 16.5. The Bertz CT molecular complexity index is 899. The third kappa shape index (κ3) is 3.00. The van der Waals surface area contributed by atoms with Gasteiger partial charge in [0.05, 0.1) is 16.2 Å². The minimum atomic E-state index is -1.03. The summed E-state index contributed by atoms with van der Waals surface area (Å²) in [4.78, 5) is 25.9. The van der Waals surface area contributed by atoms with Crippen LogP contribution in [0.1, 0.15) is 21.5 Å². The molecule has 3 rings (SSSR count). The van der Waals surface area contributed by atoms with E-state index >= 15 is 0 Å². The van der Waals surface area contributed by atoms with Gasteiger partial charge in [0, 0.05) is 19.4 Å². The average Bonchev–Trinajstić information content (AvgIpc) is 3.04. The molecule has 0 unspecified atom stereocenters. The highest BCUT2D eigenvalue weighted by molar-refractivity contribution is 8.27. The van der Waals surface area contributed by atoms with E-state index in [0.29, 0.717) is 20.5 Å². The zero-order valence-corrected chi connectivity index (χ0v) is 14.6. The largest absolute Gasteiger partial charge is 0.478 e. The number of thioether (sulfide) groups is 1. The molecule has 1 aliphatic heterocycles. The van der Waals surface area contributed by atoms with Crippen LogP contribution in [0.4, 0.5) is 5.69 Å². The second-order valence-electron chi connectivity index (χ2n) is 5.43. The molecule has 1 N–H and O–H groups in total. The first-order valence-corrected chi connectivity index (χ1v) is 8.33. The Morgan fingerprint density at radius 3 is 2.71 bits per heavy atom. The van der Waals surface area contributed by atoms with Crippen LogP contribution in [0.2, 0.25) is 0 Å². The summed E-state index contributed by atoms with van der Waals surface area (Å²) in [6, 6.07) is 6.77. The lowest BCUT2D eigenvalue weighted by atomic mass is 10.1. The second kappa shape index (κ2) is 6.26. The number of carbonyl (C=O) groups excluding carboxylic acids is 1. The molecule has 1 amide bonds. The van der Waals surface area contributed by atoms with Crippen molar-refractivity contribution in [1.82, 2.24) is 4.57 Å². The Labute approximate surface area is 148 Å². The zero-order valence-electron chi connectivity index (χ0n) is 13.0. The third-order valence-electron chi connectivity index (χ3n) is 3.66. The van der Waals surface area contributed by atoms with Crippen LogP contribution >= 0.6 is 24.0 Å². The average molecular weight is 358 g/mol. The number of hydrogen-bond donors (Lipinski definition) is 1. The highest BCUT2D eigenvalue weighted by Crippen LogP contribution is 2.36. The maximum absolute atomic E-state index is 12.7. The number of anilines is 1. The van der Waals surface area contributed by atoms with Crippen molar-refractivity contribution in [3.05, 3.63) is 58.3 Å². The highest BCUT2D eigenvalue weighted by Gasteiger charge is 2.33. The van der Waals surface area contributed by atoms with Crippen molar-refractivity contribution in [2.45, 2.75) is 6.92 Å². The van der Waals surface area contributed by atoms with Gasteiger partial charge in [-0.05, 0) is 42.3 Å². The van der Waals surface area contributed by atoms with Gasteiger partial charge in [-0.15, -0.1) is 0 Å². The molecule has 5 nitrogen and oxygen atoms in total. The van der Waals surface area contributed by atoms with Crippen molar-refractivity contribution in [3.8, 4) is 0 Å². The van der Waals surface area contributed by atoms with E-state index in [9.17, 15) is 14.7 Å². The van der Waals surface area contributed by atoms with Gasteiger partial charge in [0.1, 0.15) is 0 Å². The van der Waals surface area contributed by atoms with Gasteiger partial charge in [0.2, 0.25) is 0 Å². The molecule has 1 fully saturated rings. The number of carboxylic acids is 1. The van der Waals surface area contributed by atoms with Gasteiger partial charge in [0.15, 0.2) is 4.32 Å². The molecule has 122 valence electrons. The second-order valence-corrected chi connectivity index (χ2v) is 7.11. The van der Waals surface area contributed by atoms with Crippen molar-refractivity contribution in [2.24, 2.45) is 7.05 Å². The predicted octanol–water partition coefficient (Wildman–Crippen LogP) is 3.44. The number of aromatic nitrogens is 1. The van der Waals surface area contributed by atoms with Crippen LogP contribution in [-0.4, -0.2) is 25.9 Å². The Balaban J connectivity index is 1.97. The molecule has 2 aromatic rings. The fourth-order valence-corrected chi connectivity index (χ4v) is 3.73. The summed E-state index contributed by atoms with van der Waals surface area (Å²) in [7, 11) is 1.91. The first-order valence-electron chi connectivity index (χ1n) is 7.10. The van der Waals surface area contributed by atoms with Crippen molar-refractivity contribution in [3.63, 3.8) is 0 Å². The van der Waals surface area contributed by atoms with Gasteiger partial charge in [-0.2, -0.15) is 0 Å². The van der Waals surface area contributed by atoms with E-state index in [1.54, 1.807) is 25.1 Å². The normalized spacial score (nSPS) is 16.2. The Kier molecular flexibility index (Phi) is 4.29. The minimum Gasteiger partial charge on any atom is -0.478 e. The lowest BCUT2D eigenvalue weighted by Gasteiger charge is -2.15. The fraction of sp³-hybridized carbons (Fsp3) is 0.118. The molecule has 1 aromatic heterocycles. The fourth-order valence-electron chi connectivity index (χ4n) is 2.43. The van der Waals surface area contributed by atoms with Gasteiger partial charge in [-0.25, -0.2) is 4.79 Å². The molecule has 0 saturated carbocycles. The number of nitrogens with zero attached hydrogens (tertiary/aromatic N) is 2. The van der Waals surface area contributed by atoms with E-state index in [0.717, 1.165) is 5.56 Å². The van der Waals surface area contributed by atoms with E-state index in [4.69, 9.17) is 12.2 Å². The van der Waals surface area contributed by atoms with Gasteiger partial charge in [-0.3, -0.25) is 9.69 Å². The summed E-state index contributed by atoms with van der Waals surface area (Å²) >= 11 is 6.53. The van der Waals surface area contributed by atoms with Crippen molar-refractivity contribution < 1.29 is 14.7 Å². The minimum absolute atomic E-state index is 0.161. The van der Waals surface area contributed by atoms with Crippen molar-refractivity contribution >= 4 is 51.9 Å². The topological polar surface area (TPSA) is 62.5 Å². The standard InChI is InChI=1S/C17H14N2O3S2/c1-10-3-4-12(8-13(10)16(21)22)19-15(20)14(24-17(19)23)7-11-5-6-18(2)9-11/h3-9H,1-2H3,(H,21,22)/b14-7+. The highest BCUT2D eigenvalue weighted by atomic mass is 32.2. The molecule has 0 atom stereocenters. The summed E-state index contributed by atoms with van der Waals surface area (Å²) in [5, 5.41) is 9.26. The smallest absolute Gasteiger partial charge is 0.336 e. The molecule has 7 heteroatoms. The molecule has 24 heavy (non-hydrogen) atoms. The van der Waals surface area contributed by atoms with Crippen LogP contribution in [0.15, 0.2) is 41.6 Å². The lowest BCUT2D eigenvalue weighted by Crippen LogP contribution is -2.27. The molecule has 0 aliphatic carbocycles. The lowest BCUT2D eigenvalue weighted by molar-refractivity contribution is -0.113. The van der Waals surface area contributed by atoms with Crippen LogP contribution < -0.4 is 4.90 Å². The molecular weight excluding hydrogens is 344 g/mol. The predicted molar refractivity (Wildman–Crippen MR) is 99.2 cm³/mol. The van der Waals surface area contributed by atoms with E-state index in [1.165, 1.54) is 22.7 Å². The molecule has 0 spiro atoms. The van der Waals surface area contributed by atoms with Gasteiger partial charge in [0.25, 0.3) is 5.91 Å². The van der Waals surface area contributed by atoms with Crippen molar-refractivity contribution in [2.75, 3.05) is 4.90 Å². The zero-order chi connectivity index (χ0) is 17.4. The summed E-state index contributed by atoms with van der Waals surface area (Å²) in [5.74, 6) is -1.27. The Hall–Kier alpha value is -2.38. The summed E-state index contributed by atoms with van der Waals surface area (Å²) < 4.78 is 2.29.